The number of nitrogens with two attached hydrogens (primary N) is 1. The van der Waals surface area contributed by atoms with E-state index in [4.69, 9.17) is 4.74 Å². The van der Waals surface area contributed by atoms with Crippen molar-refractivity contribution < 1.29 is 15.2 Å². The van der Waals surface area contributed by atoms with Crippen molar-refractivity contribution in [3.8, 4) is 5.75 Å². The minimum atomic E-state index is -0.407. The maximum atomic E-state index is 10.1. The third kappa shape index (κ3) is 3.64. The summed E-state index contributed by atoms with van der Waals surface area (Å²) in [6, 6.07) is 8.97. The van der Waals surface area contributed by atoms with Crippen LogP contribution in [0.3, 0.4) is 0 Å². The number of aliphatic hydroxyl groups excluding tert-OH is 1. The van der Waals surface area contributed by atoms with E-state index >= 15 is 0 Å². The van der Waals surface area contributed by atoms with Crippen LogP contribution >= 0.6 is 0 Å². The van der Waals surface area contributed by atoms with Crippen LogP contribution in [0.15, 0.2) is 24.3 Å². The first kappa shape index (κ1) is 15.8. The number of hydrogen-bond acceptors (Lipinski definition) is 2. The highest BCUT2D eigenvalue weighted by Gasteiger charge is 2.41. The lowest BCUT2D eigenvalue weighted by atomic mass is 9.83. The molecule has 3 rings (SSSR count). The van der Waals surface area contributed by atoms with Gasteiger partial charge < -0.3 is 15.2 Å². The lowest BCUT2D eigenvalue weighted by molar-refractivity contribution is -0.688. The van der Waals surface area contributed by atoms with Gasteiger partial charge in [-0.2, -0.15) is 0 Å². The quantitative estimate of drug-likeness (QED) is 0.812. The van der Waals surface area contributed by atoms with Crippen molar-refractivity contribution in [2.24, 2.45) is 11.8 Å². The Balaban J connectivity index is 1.60. The van der Waals surface area contributed by atoms with Crippen LogP contribution < -0.4 is 10.1 Å². The Hall–Kier alpha value is -1.06. The highest BCUT2D eigenvalue weighted by Crippen LogP contribution is 2.54. The van der Waals surface area contributed by atoms with E-state index in [1.807, 2.05) is 6.07 Å². The third-order valence-corrected chi connectivity index (χ3v) is 5.37. The maximum absolute atomic E-state index is 10.1. The van der Waals surface area contributed by atoms with Crippen LogP contribution in [0.4, 0.5) is 0 Å². The molecule has 3 heteroatoms. The Morgan fingerprint density at radius 2 is 2.05 bits per heavy atom. The van der Waals surface area contributed by atoms with Crippen molar-refractivity contribution in [1.29, 1.82) is 0 Å². The lowest BCUT2D eigenvalue weighted by Crippen LogP contribution is -2.90. The van der Waals surface area contributed by atoms with E-state index in [0.29, 0.717) is 25.1 Å². The summed E-state index contributed by atoms with van der Waals surface area (Å²) in [4.78, 5) is 0. The molecule has 0 saturated heterocycles. The molecule has 2 saturated carbocycles. The molecule has 2 fully saturated rings. The fourth-order valence-electron chi connectivity index (χ4n) is 4.23. The molecule has 0 radical (unpaired) electrons. The van der Waals surface area contributed by atoms with E-state index in [9.17, 15) is 5.11 Å². The summed E-state index contributed by atoms with van der Waals surface area (Å²) in [5, 5.41) is 12.2. The molecule has 3 N–H and O–H groups in total. The van der Waals surface area contributed by atoms with Gasteiger partial charge in [0.2, 0.25) is 0 Å². The molecule has 2 aliphatic carbocycles. The van der Waals surface area contributed by atoms with Crippen LogP contribution in [0, 0.1) is 11.8 Å². The number of quaternary nitrogens is 1. The summed E-state index contributed by atoms with van der Waals surface area (Å²) in [6.45, 7) is 5.37. The number of aliphatic hydroxyl groups is 1. The fraction of sp³-hybridized carbons (Fsp3) is 0.684. The predicted octanol–water partition coefficient (Wildman–Crippen LogP) is 2.30. The van der Waals surface area contributed by atoms with E-state index in [1.165, 1.54) is 31.2 Å². The fourth-order valence-corrected chi connectivity index (χ4v) is 4.23. The first-order valence-corrected chi connectivity index (χ1v) is 8.86. The van der Waals surface area contributed by atoms with Crippen molar-refractivity contribution in [3.05, 3.63) is 29.8 Å². The molecule has 22 heavy (non-hydrogen) atoms. The zero-order chi connectivity index (χ0) is 15.5. The van der Waals surface area contributed by atoms with Crippen LogP contribution in [0.5, 0.6) is 5.75 Å². The summed E-state index contributed by atoms with van der Waals surface area (Å²) in [6.07, 6.45) is 5.14. The highest BCUT2D eigenvalue weighted by molar-refractivity contribution is 5.37. The zero-order valence-electron chi connectivity index (χ0n) is 13.9. The third-order valence-electron chi connectivity index (χ3n) is 5.37. The molecular weight excluding hydrogens is 274 g/mol. The summed E-state index contributed by atoms with van der Waals surface area (Å²) >= 11 is 0. The standard InChI is InChI=1S/C19H29NO2/c1-13(2)20-11-16(21)12-22-19-6-4-3-5-17(19)18-10-14-7-8-15(18)9-14/h3-6,13-16,18,20-21H,7-12H2,1-2H3/p+1. The van der Waals surface area contributed by atoms with Gasteiger partial charge in [0.25, 0.3) is 0 Å². The van der Waals surface area contributed by atoms with Crippen LogP contribution in [-0.4, -0.2) is 30.4 Å². The second kappa shape index (κ2) is 7.01. The van der Waals surface area contributed by atoms with Gasteiger partial charge in [-0.3, -0.25) is 0 Å². The normalized spacial score (nSPS) is 28.3. The summed E-state index contributed by atoms with van der Waals surface area (Å²) in [5.41, 5.74) is 1.37. The van der Waals surface area contributed by atoms with Crippen LogP contribution in [0.1, 0.15) is 51.0 Å². The Morgan fingerprint density at radius 3 is 2.73 bits per heavy atom. The number of para-hydroxylation sites is 1. The molecule has 0 amide bonds. The smallest absolute Gasteiger partial charge is 0.137 e. The first-order valence-electron chi connectivity index (χ1n) is 8.86. The van der Waals surface area contributed by atoms with Gasteiger partial charge in [-0.1, -0.05) is 24.6 Å². The molecule has 0 aliphatic heterocycles. The Morgan fingerprint density at radius 1 is 1.23 bits per heavy atom. The minimum absolute atomic E-state index is 0.390. The molecule has 122 valence electrons. The second-order valence-corrected chi connectivity index (χ2v) is 7.50. The van der Waals surface area contributed by atoms with Gasteiger partial charge in [0, 0.05) is 0 Å². The predicted molar refractivity (Wildman–Crippen MR) is 88.1 cm³/mol. The van der Waals surface area contributed by atoms with Gasteiger partial charge in [-0.15, -0.1) is 0 Å². The van der Waals surface area contributed by atoms with E-state index in [0.717, 1.165) is 17.6 Å². The minimum Gasteiger partial charge on any atom is -0.490 e. The molecule has 2 aliphatic rings. The van der Waals surface area contributed by atoms with Crippen molar-refractivity contribution >= 4 is 0 Å². The highest BCUT2D eigenvalue weighted by atomic mass is 16.5. The Kier molecular flexibility index (Phi) is 5.04. The monoisotopic (exact) mass is 304 g/mol. The van der Waals surface area contributed by atoms with E-state index in [1.54, 1.807) is 0 Å². The van der Waals surface area contributed by atoms with Crippen molar-refractivity contribution in [1.82, 2.24) is 0 Å². The maximum Gasteiger partial charge on any atom is 0.137 e. The molecular formula is C19H30NO2+. The van der Waals surface area contributed by atoms with Gasteiger partial charge in [0.15, 0.2) is 0 Å². The van der Waals surface area contributed by atoms with Crippen molar-refractivity contribution in [3.63, 3.8) is 0 Å². The zero-order valence-corrected chi connectivity index (χ0v) is 13.9. The van der Waals surface area contributed by atoms with E-state index in [-0.39, 0.29) is 0 Å². The molecule has 1 aromatic rings. The number of ether oxygens (including phenoxy) is 1. The van der Waals surface area contributed by atoms with Crippen molar-refractivity contribution in [2.75, 3.05) is 13.2 Å². The summed E-state index contributed by atoms with van der Waals surface area (Å²) in [5.74, 6) is 3.46. The summed E-state index contributed by atoms with van der Waals surface area (Å²) < 4.78 is 5.98. The molecule has 3 nitrogen and oxygen atoms in total. The SMILES string of the molecule is CC(C)[NH2+]CC(O)COc1ccccc1C1CC2CCC1C2. The number of rotatable bonds is 7. The van der Waals surface area contributed by atoms with Crippen LogP contribution in [0.25, 0.3) is 0 Å². The Bertz CT molecular complexity index is 488. The molecule has 0 aromatic heterocycles. The Labute approximate surface area is 134 Å². The average molecular weight is 304 g/mol. The number of hydrogen-bond donors (Lipinski definition) is 2. The van der Waals surface area contributed by atoms with Crippen LogP contribution in [-0.2, 0) is 0 Å². The van der Waals surface area contributed by atoms with Gasteiger partial charge in [-0.05, 0) is 62.5 Å². The number of benzene rings is 1. The molecule has 0 heterocycles. The average Bonchev–Trinajstić information content (AvgIpc) is 3.14. The van der Waals surface area contributed by atoms with Gasteiger partial charge in [0.05, 0.1) is 6.04 Å². The largest absolute Gasteiger partial charge is 0.490 e. The first-order chi connectivity index (χ1) is 10.6. The van der Waals surface area contributed by atoms with E-state index < -0.39 is 6.10 Å². The van der Waals surface area contributed by atoms with E-state index in [2.05, 4.69) is 37.4 Å². The lowest BCUT2D eigenvalue weighted by Gasteiger charge is -2.24. The topological polar surface area (TPSA) is 46.1 Å². The van der Waals surface area contributed by atoms with Gasteiger partial charge in [0.1, 0.15) is 25.0 Å². The summed E-state index contributed by atoms with van der Waals surface area (Å²) in [7, 11) is 0. The molecule has 0 spiro atoms. The molecule has 2 bridgehead atoms. The molecule has 4 atom stereocenters. The van der Waals surface area contributed by atoms with Crippen LogP contribution in [0.2, 0.25) is 0 Å². The van der Waals surface area contributed by atoms with Gasteiger partial charge in [-0.25, -0.2) is 0 Å². The van der Waals surface area contributed by atoms with Crippen molar-refractivity contribution in [2.45, 2.75) is 57.6 Å². The second-order valence-electron chi connectivity index (χ2n) is 7.50. The molecule has 4 unspecified atom stereocenters. The molecule has 1 aromatic carbocycles. The van der Waals surface area contributed by atoms with Gasteiger partial charge >= 0.3 is 0 Å². The number of fused-ring (bicyclic) bond motifs is 2.